The van der Waals surface area contributed by atoms with Gasteiger partial charge in [0, 0.05) is 29.5 Å². The largest absolute Gasteiger partial charge is 0.490 e. The summed E-state index contributed by atoms with van der Waals surface area (Å²) in [4.78, 5) is 3.94. The Morgan fingerprint density at radius 3 is 2.78 bits per heavy atom. The zero-order valence-corrected chi connectivity index (χ0v) is 11.1. The number of pyridine rings is 1. The first-order chi connectivity index (χ1) is 8.74. The van der Waals surface area contributed by atoms with Crippen LogP contribution in [0.3, 0.4) is 0 Å². The molecule has 0 aliphatic heterocycles. The van der Waals surface area contributed by atoms with Crippen LogP contribution in [-0.2, 0) is 0 Å². The minimum Gasteiger partial charge on any atom is -0.490 e. The van der Waals surface area contributed by atoms with Crippen LogP contribution >= 0.6 is 23.2 Å². The molecule has 0 bridgehead atoms. The van der Waals surface area contributed by atoms with Gasteiger partial charge >= 0.3 is 0 Å². The van der Waals surface area contributed by atoms with Crippen molar-refractivity contribution in [2.75, 3.05) is 18.5 Å². The molecular weight excluding hydrogens is 271 g/mol. The maximum absolute atomic E-state index is 5.88. The summed E-state index contributed by atoms with van der Waals surface area (Å²) in [5.74, 6) is 0.662. The van der Waals surface area contributed by atoms with Gasteiger partial charge in [0.1, 0.15) is 12.4 Å². The second kappa shape index (κ2) is 6.47. The van der Waals surface area contributed by atoms with Gasteiger partial charge in [-0.25, -0.2) is 0 Å². The van der Waals surface area contributed by atoms with Crippen molar-refractivity contribution < 1.29 is 4.74 Å². The molecule has 0 spiro atoms. The molecule has 1 aromatic heterocycles. The van der Waals surface area contributed by atoms with Crippen molar-refractivity contribution in [1.82, 2.24) is 4.98 Å². The summed E-state index contributed by atoms with van der Waals surface area (Å²) < 4.78 is 5.50. The van der Waals surface area contributed by atoms with Crippen LogP contribution in [0.25, 0.3) is 0 Å². The van der Waals surface area contributed by atoms with Gasteiger partial charge in [0.25, 0.3) is 0 Å². The molecule has 3 nitrogen and oxygen atoms in total. The Labute approximate surface area is 116 Å². The molecule has 5 heteroatoms. The first kappa shape index (κ1) is 13.0. The summed E-state index contributed by atoms with van der Waals surface area (Å²) in [6.45, 7) is 1.20. The number of ether oxygens (including phenoxy) is 1. The lowest BCUT2D eigenvalue weighted by Crippen LogP contribution is -2.11. The maximum Gasteiger partial charge on any atom is 0.139 e. The van der Waals surface area contributed by atoms with E-state index < -0.39 is 0 Å². The molecule has 0 atom stereocenters. The number of halogens is 2. The lowest BCUT2D eigenvalue weighted by atomic mass is 10.3. The summed E-state index contributed by atoms with van der Waals surface area (Å²) >= 11 is 11.7. The Morgan fingerprint density at radius 2 is 2.00 bits per heavy atom. The van der Waals surface area contributed by atoms with Crippen LogP contribution in [0, 0.1) is 0 Å². The molecule has 0 radical (unpaired) electrons. The van der Waals surface area contributed by atoms with E-state index in [4.69, 9.17) is 27.9 Å². The van der Waals surface area contributed by atoms with Gasteiger partial charge in [0.05, 0.1) is 11.2 Å². The summed E-state index contributed by atoms with van der Waals surface area (Å²) in [5.41, 5.74) is 0.968. The highest BCUT2D eigenvalue weighted by Gasteiger charge is 1.96. The third-order valence-corrected chi connectivity index (χ3v) is 2.65. The fourth-order valence-electron chi connectivity index (χ4n) is 1.43. The Bertz CT molecular complexity index is 472. The molecular formula is C13H12Cl2N2O. The summed E-state index contributed by atoms with van der Waals surface area (Å²) in [6, 6.07) is 9.27. The fourth-order valence-corrected chi connectivity index (χ4v) is 1.79. The van der Waals surface area contributed by atoms with Crippen molar-refractivity contribution in [3.63, 3.8) is 0 Å². The van der Waals surface area contributed by atoms with Gasteiger partial charge in [-0.15, -0.1) is 0 Å². The van der Waals surface area contributed by atoms with Crippen molar-refractivity contribution in [1.29, 1.82) is 0 Å². The maximum atomic E-state index is 5.88. The van der Waals surface area contributed by atoms with Crippen molar-refractivity contribution in [3.8, 4) is 5.75 Å². The van der Waals surface area contributed by atoms with E-state index in [0.29, 0.717) is 28.9 Å². The summed E-state index contributed by atoms with van der Waals surface area (Å²) in [7, 11) is 0. The van der Waals surface area contributed by atoms with E-state index in [2.05, 4.69) is 10.3 Å². The van der Waals surface area contributed by atoms with E-state index in [1.807, 2.05) is 24.3 Å². The molecule has 0 unspecified atom stereocenters. The first-order valence-electron chi connectivity index (χ1n) is 5.47. The molecule has 0 aliphatic rings. The Hall–Kier alpha value is -1.45. The number of hydrogen-bond acceptors (Lipinski definition) is 3. The molecule has 1 heterocycles. The standard InChI is InChI=1S/C13H12Cl2N2O/c14-10-2-1-3-12(6-10)17-4-5-18-13-7-11(15)8-16-9-13/h1-3,6-9,17H,4-5H2. The van der Waals surface area contributed by atoms with Crippen LogP contribution in [0.2, 0.25) is 10.0 Å². The van der Waals surface area contributed by atoms with E-state index in [1.165, 1.54) is 0 Å². The number of hydrogen-bond donors (Lipinski definition) is 1. The number of nitrogens with one attached hydrogen (secondary N) is 1. The van der Waals surface area contributed by atoms with Crippen LogP contribution in [0.1, 0.15) is 0 Å². The van der Waals surface area contributed by atoms with Crippen LogP contribution in [-0.4, -0.2) is 18.1 Å². The van der Waals surface area contributed by atoms with Crippen molar-refractivity contribution in [2.24, 2.45) is 0 Å². The molecule has 18 heavy (non-hydrogen) atoms. The van der Waals surface area contributed by atoms with Crippen LogP contribution in [0.15, 0.2) is 42.7 Å². The molecule has 1 aromatic carbocycles. The van der Waals surface area contributed by atoms with E-state index in [0.717, 1.165) is 5.69 Å². The van der Waals surface area contributed by atoms with Gasteiger partial charge in [-0.3, -0.25) is 4.98 Å². The fraction of sp³-hybridized carbons (Fsp3) is 0.154. The minimum atomic E-state index is 0.522. The van der Waals surface area contributed by atoms with Gasteiger partial charge in [-0.05, 0) is 18.2 Å². The second-order valence-corrected chi connectivity index (χ2v) is 4.50. The smallest absolute Gasteiger partial charge is 0.139 e. The first-order valence-corrected chi connectivity index (χ1v) is 6.22. The van der Waals surface area contributed by atoms with Crippen LogP contribution in [0.5, 0.6) is 5.75 Å². The zero-order chi connectivity index (χ0) is 12.8. The molecule has 0 saturated heterocycles. The lowest BCUT2D eigenvalue weighted by molar-refractivity contribution is 0.331. The SMILES string of the molecule is Clc1cccc(NCCOc2cncc(Cl)c2)c1. The average Bonchev–Trinajstić information content (AvgIpc) is 2.35. The van der Waals surface area contributed by atoms with Crippen LogP contribution in [0.4, 0.5) is 5.69 Å². The van der Waals surface area contributed by atoms with E-state index in [1.54, 1.807) is 18.5 Å². The number of nitrogens with zero attached hydrogens (tertiary/aromatic N) is 1. The number of aromatic nitrogens is 1. The highest BCUT2D eigenvalue weighted by Crippen LogP contribution is 2.16. The van der Waals surface area contributed by atoms with Gasteiger partial charge < -0.3 is 10.1 Å². The lowest BCUT2D eigenvalue weighted by Gasteiger charge is -2.08. The topological polar surface area (TPSA) is 34.1 Å². The molecule has 0 saturated carbocycles. The Kier molecular flexibility index (Phi) is 4.67. The quantitative estimate of drug-likeness (QED) is 0.845. The van der Waals surface area contributed by atoms with Crippen molar-refractivity contribution >= 4 is 28.9 Å². The van der Waals surface area contributed by atoms with Crippen molar-refractivity contribution in [2.45, 2.75) is 0 Å². The number of anilines is 1. The highest BCUT2D eigenvalue weighted by atomic mass is 35.5. The summed E-state index contributed by atoms with van der Waals surface area (Å²) in [6.07, 6.45) is 3.20. The molecule has 2 aromatic rings. The van der Waals surface area contributed by atoms with E-state index >= 15 is 0 Å². The van der Waals surface area contributed by atoms with Crippen molar-refractivity contribution in [3.05, 3.63) is 52.8 Å². The van der Waals surface area contributed by atoms with Gasteiger partial charge in [0.15, 0.2) is 0 Å². The Balaban J connectivity index is 1.76. The van der Waals surface area contributed by atoms with E-state index in [-0.39, 0.29) is 0 Å². The second-order valence-electron chi connectivity index (χ2n) is 3.62. The molecule has 2 rings (SSSR count). The van der Waals surface area contributed by atoms with Crippen LogP contribution < -0.4 is 10.1 Å². The van der Waals surface area contributed by atoms with E-state index in [9.17, 15) is 0 Å². The highest BCUT2D eigenvalue weighted by molar-refractivity contribution is 6.31. The predicted molar refractivity (Wildman–Crippen MR) is 74.7 cm³/mol. The molecule has 0 amide bonds. The molecule has 94 valence electrons. The molecule has 0 aliphatic carbocycles. The predicted octanol–water partition coefficient (Wildman–Crippen LogP) is 3.88. The third kappa shape index (κ3) is 4.09. The zero-order valence-electron chi connectivity index (χ0n) is 9.57. The minimum absolute atomic E-state index is 0.522. The van der Waals surface area contributed by atoms with Gasteiger partial charge in [-0.2, -0.15) is 0 Å². The number of benzene rings is 1. The van der Waals surface area contributed by atoms with Gasteiger partial charge in [-0.1, -0.05) is 29.3 Å². The van der Waals surface area contributed by atoms with Gasteiger partial charge in [0.2, 0.25) is 0 Å². The average molecular weight is 283 g/mol. The Morgan fingerprint density at radius 1 is 1.11 bits per heavy atom. The number of rotatable bonds is 5. The normalized spacial score (nSPS) is 10.1. The monoisotopic (exact) mass is 282 g/mol. The molecule has 0 fully saturated rings. The third-order valence-electron chi connectivity index (χ3n) is 2.20. The molecule has 1 N–H and O–H groups in total. The summed E-state index contributed by atoms with van der Waals surface area (Å²) in [5, 5.41) is 4.48.